The average molecular weight is 513 g/mol. The van der Waals surface area contributed by atoms with Crippen LogP contribution in [-0.4, -0.2) is 57.3 Å². The number of anilines is 2. The fourth-order valence-electron chi connectivity index (χ4n) is 3.95. The van der Waals surface area contributed by atoms with Crippen molar-refractivity contribution in [2.45, 2.75) is 32.0 Å². The monoisotopic (exact) mass is 512 g/mol. The lowest BCUT2D eigenvalue weighted by atomic mass is 10.2. The number of nitroso groups, excluding NO2 is 1. The van der Waals surface area contributed by atoms with Crippen LogP contribution < -0.4 is 20.0 Å². The Morgan fingerprint density at radius 2 is 2.14 bits per heavy atom. The highest BCUT2D eigenvalue weighted by molar-refractivity contribution is 6.32. The number of aliphatic hydroxyl groups is 1. The number of amides is 1. The summed E-state index contributed by atoms with van der Waals surface area (Å²) in [6.45, 7) is 0.652. The maximum absolute atomic E-state index is 13.1. The van der Waals surface area contributed by atoms with Gasteiger partial charge in [-0.25, -0.2) is 20.0 Å². The van der Waals surface area contributed by atoms with Gasteiger partial charge in [-0.15, -0.1) is 4.91 Å². The van der Waals surface area contributed by atoms with Crippen LogP contribution in [-0.2, 0) is 13.1 Å². The van der Waals surface area contributed by atoms with Gasteiger partial charge in [0, 0.05) is 25.1 Å². The number of aromatic nitrogens is 4. The minimum absolute atomic E-state index is 0.00479. The van der Waals surface area contributed by atoms with Gasteiger partial charge >= 0.3 is 0 Å². The Labute approximate surface area is 212 Å². The first kappa shape index (κ1) is 25.2. The first-order chi connectivity index (χ1) is 17.5. The van der Waals surface area contributed by atoms with E-state index in [1.165, 1.54) is 13.3 Å². The molecule has 36 heavy (non-hydrogen) atoms. The highest BCUT2D eigenvalue weighted by atomic mass is 35.5. The molecule has 3 aromatic rings. The van der Waals surface area contributed by atoms with Crippen LogP contribution in [0, 0.1) is 4.91 Å². The van der Waals surface area contributed by atoms with Crippen molar-refractivity contribution < 1.29 is 14.6 Å². The molecule has 0 aliphatic carbocycles. The van der Waals surface area contributed by atoms with Crippen LogP contribution in [0.4, 0.5) is 11.8 Å². The predicted molar refractivity (Wildman–Crippen MR) is 133 cm³/mol. The Kier molecular flexibility index (Phi) is 8.18. The van der Waals surface area contributed by atoms with Crippen LogP contribution in [0.1, 0.15) is 34.6 Å². The number of carbonyl (C=O) groups excluding carboxylic acids is 1. The molecule has 1 aliphatic rings. The summed E-state index contributed by atoms with van der Waals surface area (Å²) in [5.74, 6) is 0.710. The highest BCUT2D eigenvalue weighted by Gasteiger charge is 2.29. The molecule has 0 radical (unpaired) electrons. The van der Waals surface area contributed by atoms with Gasteiger partial charge in [0.25, 0.3) is 5.91 Å². The summed E-state index contributed by atoms with van der Waals surface area (Å²) < 4.78 is 5.18. The molecule has 4 rings (SSSR count). The molecule has 0 bridgehead atoms. The second kappa shape index (κ2) is 11.7. The molecule has 0 saturated carbocycles. The first-order valence-electron chi connectivity index (χ1n) is 11.3. The SMILES string of the molecule is COc1ccc(CN(N=O)c2nc(N3CCC[C@H]3CO)ncc2C(=O)NCc2ncccn2)cc1Cl. The van der Waals surface area contributed by atoms with Crippen molar-refractivity contribution in [3.63, 3.8) is 0 Å². The average Bonchev–Trinajstić information content (AvgIpc) is 3.40. The largest absolute Gasteiger partial charge is 0.495 e. The molecule has 188 valence electrons. The van der Waals surface area contributed by atoms with E-state index in [1.807, 2.05) is 4.90 Å². The van der Waals surface area contributed by atoms with Crippen LogP contribution in [0.5, 0.6) is 5.75 Å². The predicted octanol–water partition coefficient (Wildman–Crippen LogP) is 2.51. The first-order valence-corrected chi connectivity index (χ1v) is 11.6. The Hall–Kier alpha value is -3.90. The van der Waals surface area contributed by atoms with Crippen molar-refractivity contribution in [1.29, 1.82) is 0 Å². The number of methoxy groups -OCH3 is 1. The maximum Gasteiger partial charge on any atom is 0.257 e. The van der Waals surface area contributed by atoms with Crippen molar-refractivity contribution in [2.75, 3.05) is 30.2 Å². The van der Waals surface area contributed by atoms with E-state index in [2.05, 4.69) is 30.5 Å². The number of halogens is 1. The molecular formula is C23H25ClN8O4. The third-order valence-corrected chi connectivity index (χ3v) is 6.06. The molecule has 1 fully saturated rings. The van der Waals surface area contributed by atoms with Gasteiger partial charge in [0.1, 0.15) is 17.1 Å². The molecule has 13 heteroatoms. The van der Waals surface area contributed by atoms with Gasteiger partial charge in [0.05, 0.1) is 43.2 Å². The third-order valence-electron chi connectivity index (χ3n) is 5.76. The number of ether oxygens (including phenoxy) is 1. The fraction of sp³-hybridized carbons (Fsp3) is 0.348. The van der Waals surface area contributed by atoms with E-state index in [9.17, 15) is 14.8 Å². The Balaban J connectivity index is 1.66. The van der Waals surface area contributed by atoms with Crippen LogP contribution in [0.3, 0.4) is 0 Å². The second-order valence-corrected chi connectivity index (χ2v) is 8.44. The van der Waals surface area contributed by atoms with Gasteiger partial charge in [-0.3, -0.25) is 4.79 Å². The van der Waals surface area contributed by atoms with Crippen molar-refractivity contribution in [3.8, 4) is 5.75 Å². The molecule has 0 spiro atoms. The Morgan fingerprint density at radius 1 is 1.33 bits per heavy atom. The summed E-state index contributed by atoms with van der Waals surface area (Å²) in [5.41, 5.74) is 0.702. The number of hydrogen-bond acceptors (Lipinski definition) is 10. The molecule has 1 saturated heterocycles. The lowest BCUT2D eigenvalue weighted by Crippen LogP contribution is -2.34. The van der Waals surface area contributed by atoms with Crippen molar-refractivity contribution in [3.05, 3.63) is 69.7 Å². The van der Waals surface area contributed by atoms with Crippen molar-refractivity contribution in [2.24, 2.45) is 5.29 Å². The molecular weight excluding hydrogens is 488 g/mol. The summed E-state index contributed by atoms with van der Waals surface area (Å²) in [6.07, 6.45) is 6.15. The zero-order valence-electron chi connectivity index (χ0n) is 19.5. The quantitative estimate of drug-likeness (QED) is 0.307. The minimum atomic E-state index is -0.523. The summed E-state index contributed by atoms with van der Waals surface area (Å²) in [4.78, 5) is 44.0. The van der Waals surface area contributed by atoms with E-state index in [0.717, 1.165) is 17.9 Å². The highest BCUT2D eigenvalue weighted by Crippen LogP contribution is 2.29. The van der Waals surface area contributed by atoms with Crippen LogP contribution in [0.25, 0.3) is 0 Å². The number of hydrogen-bond donors (Lipinski definition) is 2. The number of carbonyl (C=O) groups is 1. The van der Waals surface area contributed by atoms with E-state index in [1.54, 1.807) is 36.7 Å². The molecule has 2 N–H and O–H groups in total. The standard InChI is InChI=1S/C23H25ClN8O4/c1-36-19-6-5-15(10-18(19)24)13-32(30-35)21-17(22(34)27-12-20-25-7-3-8-26-20)11-28-23(29-21)31-9-2-4-16(31)14-33/h3,5-8,10-11,16,33H,2,4,9,12-14H2,1H3,(H,27,34)/t16-/m0/s1. The summed E-state index contributed by atoms with van der Waals surface area (Å²) in [6, 6.07) is 6.59. The zero-order valence-corrected chi connectivity index (χ0v) is 20.3. The van der Waals surface area contributed by atoms with Crippen LogP contribution in [0.15, 0.2) is 48.1 Å². The van der Waals surface area contributed by atoms with Crippen LogP contribution >= 0.6 is 11.6 Å². The van der Waals surface area contributed by atoms with Gasteiger partial charge < -0.3 is 20.1 Å². The molecule has 2 aromatic heterocycles. The summed E-state index contributed by atoms with van der Waals surface area (Å²) in [5, 5.41) is 17.0. The molecule has 1 atom stereocenters. The van der Waals surface area contributed by atoms with E-state index >= 15 is 0 Å². The van der Waals surface area contributed by atoms with Crippen molar-refractivity contribution >= 4 is 29.3 Å². The summed E-state index contributed by atoms with van der Waals surface area (Å²) >= 11 is 6.24. The number of rotatable bonds is 10. The lowest BCUT2D eigenvalue weighted by molar-refractivity contribution is 0.0949. The minimum Gasteiger partial charge on any atom is -0.495 e. The van der Waals surface area contributed by atoms with E-state index < -0.39 is 5.91 Å². The van der Waals surface area contributed by atoms with Gasteiger partial charge in [0.15, 0.2) is 5.82 Å². The normalized spacial score (nSPS) is 15.0. The van der Waals surface area contributed by atoms with Crippen LogP contribution in [0.2, 0.25) is 5.02 Å². The maximum atomic E-state index is 13.1. The summed E-state index contributed by atoms with van der Waals surface area (Å²) in [7, 11) is 1.51. The number of nitrogens with one attached hydrogen (secondary N) is 1. The van der Waals surface area contributed by atoms with Gasteiger partial charge in [-0.2, -0.15) is 4.98 Å². The molecule has 12 nitrogen and oxygen atoms in total. The Bertz CT molecular complexity index is 1220. The number of nitrogens with zero attached hydrogens (tertiary/aromatic N) is 7. The van der Waals surface area contributed by atoms with E-state index in [4.69, 9.17) is 16.3 Å². The van der Waals surface area contributed by atoms with Gasteiger partial charge in [-0.05, 0) is 36.6 Å². The molecule has 1 aliphatic heterocycles. The van der Waals surface area contributed by atoms with E-state index in [0.29, 0.717) is 34.7 Å². The zero-order chi connectivity index (χ0) is 25.5. The van der Waals surface area contributed by atoms with E-state index in [-0.39, 0.29) is 37.1 Å². The lowest BCUT2D eigenvalue weighted by Gasteiger charge is -2.25. The third kappa shape index (κ3) is 5.66. The molecule has 0 unspecified atom stereocenters. The topological polar surface area (TPSA) is 146 Å². The Morgan fingerprint density at radius 3 is 2.83 bits per heavy atom. The molecule has 1 aromatic carbocycles. The second-order valence-electron chi connectivity index (χ2n) is 8.04. The number of benzene rings is 1. The molecule has 1 amide bonds. The van der Waals surface area contributed by atoms with Gasteiger partial charge in [0.2, 0.25) is 5.95 Å². The fourth-order valence-corrected chi connectivity index (χ4v) is 4.23. The molecule has 3 heterocycles. The van der Waals surface area contributed by atoms with Crippen molar-refractivity contribution in [1.82, 2.24) is 25.3 Å². The van der Waals surface area contributed by atoms with Gasteiger partial charge in [-0.1, -0.05) is 17.7 Å². The number of aliphatic hydroxyl groups excluding tert-OH is 1. The smallest absolute Gasteiger partial charge is 0.257 e.